The van der Waals surface area contributed by atoms with Crippen LogP contribution in [0.1, 0.15) is 16.6 Å². The van der Waals surface area contributed by atoms with E-state index in [-0.39, 0.29) is 24.3 Å². The summed E-state index contributed by atoms with van der Waals surface area (Å²) in [7, 11) is 0. The Balaban J connectivity index is 2.30. The van der Waals surface area contributed by atoms with E-state index in [1.54, 1.807) is 13.0 Å². The molecule has 0 saturated carbocycles. The number of carbonyl (C=O) groups excluding carboxylic acids is 2. The van der Waals surface area contributed by atoms with Gasteiger partial charge in [-0.25, -0.2) is 0 Å². The van der Waals surface area contributed by atoms with Crippen molar-refractivity contribution >= 4 is 22.9 Å². The second-order valence-electron chi connectivity index (χ2n) is 3.33. The SMILES string of the molecule is CC1OCC(=O)C=C1C(=O)c1cccs1. The maximum absolute atomic E-state index is 11.9. The molecule has 0 bridgehead atoms. The fourth-order valence-electron chi connectivity index (χ4n) is 1.43. The molecule has 15 heavy (non-hydrogen) atoms. The molecule has 1 aliphatic rings. The van der Waals surface area contributed by atoms with Gasteiger partial charge < -0.3 is 4.74 Å². The van der Waals surface area contributed by atoms with Gasteiger partial charge in [0.1, 0.15) is 6.61 Å². The third kappa shape index (κ3) is 2.06. The Kier molecular flexibility index (Phi) is 2.79. The van der Waals surface area contributed by atoms with E-state index in [1.807, 2.05) is 11.4 Å². The van der Waals surface area contributed by atoms with Crippen LogP contribution in [0, 0.1) is 0 Å². The van der Waals surface area contributed by atoms with Crippen molar-refractivity contribution in [1.82, 2.24) is 0 Å². The molecule has 0 spiro atoms. The van der Waals surface area contributed by atoms with Crippen LogP contribution in [0.2, 0.25) is 0 Å². The fraction of sp³-hybridized carbons (Fsp3) is 0.273. The molecule has 0 aliphatic carbocycles. The van der Waals surface area contributed by atoms with Crippen molar-refractivity contribution in [2.24, 2.45) is 0 Å². The lowest BCUT2D eigenvalue weighted by atomic mass is 10.0. The first-order valence-electron chi connectivity index (χ1n) is 4.62. The summed E-state index contributed by atoms with van der Waals surface area (Å²) in [4.78, 5) is 23.7. The predicted molar refractivity (Wildman–Crippen MR) is 57.2 cm³/mol. The minimum Gasteiger partial charge on any atom is -0.366 e. The van der Waals surface area contributed by atoms with E-state index in [0.29, 0.717) is 10.5 Å². The fourth-order valence-corrected chi connectivity index (χ4v) is 2.12. The first-order valence-corrected chi connectivity index (χ1v) is 5.50. The molecule has 3 nitrogen and oxygen atoms in total. The molecule has 1 unspecified atom stereocenters. The van der Waals surface area contributed by atoms with Crippen LogP contribution in [0.4, 0.5) is 0 Å². The number of rotatable bonds is 2. The van der Waals surface area contributed by atoms with Gasteiger partial charge in [0.2, 0.25) is 5.78 Å². The van der Waals surface area contributed by atoms with Crippen LogP contribution in [0.15, 0.2) is 29.2 Å². The minimum atomic E-state index is -0.294. The first kappa shape index (κ1) is 10.3. The summed E-state index contributed by atoms with van der Waals surface area (Å²) >= 11 is 1.37. The summed E-state index contributed by atoms with van der Waals surface area (Å²) in [5.41, 5.74) is 0.452. The van der Waals surface area contributed by atoms with Gasteiger partial charge in [0.15, 0.2) is 5.78 Å². The van der Waals surface area contributed by atoms with Gasteiger partial charge in [-0.15, -0.1) is 11.3 Å². The van der Waals surface area contributed by atoms with Gasteiger partial charge in [-0.2, -0.15) is 0 Å². The molecule has 0 amide bonds. The van der Waals surface area contributed by atoms with Crippen LogP contribution in [-0.2, 0) is 9.53 Å². The van der Waals surface area contributed by atoms with Crippen molar-refractivity contribution in [2.45, 2.75) is 13.0 Å². The monoisotopic (exact) mass is 222 g/mol. The number of ether oxygens (including phenoxy) is 1. The zero-order chi connectivity index (χ0) is 10.8. The average Bonchev–Trinajstić information content (AvgIpc) is 2.74. The van der Waals surface area contributed by atoms with Crippen molar-refractivity contribution in [2.75, 3.05) is 6.61 Å². The Morgan fingerprint density at radius 2 is 2.40 bits per heavy atom. The van der Waals surface area contributed by atoms with Crippen LogP contribution >= 0.6 is 11.3 Å². The Labute approximate surface area is 91.4 Å². The summed E-state index contributed by atoms with van der Waals surface area (Å²) in [6, 6.07) is 3.56. The number of hydrogen-bond donors (Lipinski definition) is 0. The van der Waals surface area contributed by atoms with E-state index in [9.17, 15) is 9.59 Å². The van der Waals surface area contributed by atoms with Crippen LogP contribution in [0.25, 0.3) is 0 Å². The molecule has 1 aromatic heterocycles. The lowest BCUT2D eigenvalue weighted by Crippen LogP contribution is -2.27. The maximum Gasteiger partial charge on any atom is 0.201 e. The lowest BCUT2D eigenvalue weighted by Gasteiger charge is -2.18. The number of carbonyl (C=O) groups is 2. The Bertz CT molecular complexity index is 417. The highest BCUT2D eigenvalue weighted by molar-refractivity contribution is 7.12. The van der Waals surface area contributed by atoms with Crippen LogP contribution in [0.5, 0.6) is 0 Å². The molecule has 0 N–H and O–H groups in total. The zero-order valence-corrected chi connectivity index (χ0v) is 9.04. The van der Waals surface area contributed by atoms with Gasteiger partial charge in [0, 0.05) is 5.57 Å². The molecule has 2 heterocycles. The molecule has 1 atom stereocenters. The molecule has 0 radical (unpaired) electrons. The summed E-state index contributed by atoms with van der Waals surface area (Å²) in [6.45, 7) is 1.85. The molecule has 2 rings (SSSR count). The van der Waals surface area contributed by atoms with Gasteiger partial charge >= 0.3 is 0 Å². The minimum absolute atomic E-state index is 0.0718. The van der Waals surface area contributed by atoms with Gasteiger partial charge in [-0.1, -0.05) is 6.07 Å². The molecular weight excluding hydrogens is 212 g/mol. The number of Topliss-reactive ketones (excluding diaryl/α,β-unsaturated/α-hetero) is 1. The highest BCUT2D eigenvalue weighted by Gasteiger charge is 2.24. The standard InChI is InChI=1S/C11H10O3S/c1-7-9(5-8(12)6-14-7)11(13)10-3-2-4-15-10/h2-5,7H,6H2,1H3. The average molecular weight is 222 g/mol. The van der Waals surface area contributed by atoms with Crippen LogP contribution in [0.3, 0.4) is 0 Å². The molecule has 4 heteroatoms. The summed E-state index contributed by atoms with van der Waals surface area (Å²) < 4.78 is 5.19. The number of ketones is 2. The molecular formula is C11H10O3S. The van der Waals surface area contributed by atoms with Gasteiger partial charge in [0.25, 0.3) is 0 Å². The van der Waals surface area contributed by atoms with E-state index in [2.05, 4.69) is 0 Å². The third-order valence-corrected chi connectivity index (χ3v) is 3.11. The highest BCUT2D eigenvalue weighted by atomic mass is 32.1. The van der Waals surface area contributed by atoms with Crippen molar-refractivity contribution in [3.63, 3.8) is 0 Å². The highest BCUT2D eigenvalue weighted by Crippen LogP contribution is 2.20. The topological polar surface area (TPSA) is 43.4 Å². The number of hydrogen-bond acceptors (Lipinski definition) is 4. The lowest BCUT2D eigenvalue weighted by molar-refractivity contribution is -0.121. The second-order valence-corrected chi connectivity index (χ2v) is 4.27. The quantitative estimate of drug-likeness (QED) is 0.717. The van der Waals surface area contributed by atoms with Gasteiger partial charge in [-0.3, -0.25) is 9.59 Å². The maximum atomic E-state index is 11.9. The Hall–Kier alpha value is -1.26. The third-order valence-electron chi connectivity index (χ3n) is 2.24. The molecule has 0 fully saturated rings. The van der Waals surface area contributed by atoms with Gasteiger partial charge in [-0.05, 0) is 24.4 Å². The summed E-state index contributed by atoms with van der Waals surface area (Å²) in [5.74, 6) is -0.251. The Morgan fingerprint density at radius 3 is 3.07 bits per heavy atom. The van der Waals surface area contributed by atoms with Crippen molar-refractivity contribution in [3.05, 3.63) is 34.0 Å². The first-order chi connectivity index (χ1) is 7.18. The Morgan fingerprint density at radius 1 is 1.60 bits per heavy atom. The van der Waals surface area contributed by atoms with Crippen molar-refractivity contribution in [1.29, 1.82) is 0 Å². The van der Waals surface area contributed by atoms with Crippen molar-refractivity contribution < 1.29 is 14.3 Å². The molecule has 1 aliphatic heterocycles. The van der Waals surface area contributed by atoms with Gasteiger partial charge in [0.05, 0.1) is 11.0 Å². The smallest absolute Gasteiger partial charge is 0.201 e. The predicted octanol–water partition coefficient (Wildman–Crippen LogP) is 1.84. The normalized spacial score (nSPS) is 21.3. The van der Waals surface area contributed by atoms with E-state index in [0.717, 1.165) is 0 Å². The number of thiophene rings is 1. The van der Waals surface area contributed by atoms with E-state index in [1.165, 1.54) is 17.4 Å². The molecule has 78 valence electrons. The molecule has 0 aromatic carbocycles. The van der Waals surface area contributed by atoms with E-state index < -0.39 is 0 Å². The van der Waals surface area contributed by atoms with Crippen LogP contribution in [-0.4, -0.2) is 24.3 Å². The van der Waals surface area contributed by atoms with Crippen molar-refractivity contribution in [3.8, 4) is 0 Å². The summed E-state index contributed by atoms with van der Waals surface area (Å²) in [6.07, 6.45) is 1.10. The largest absolute Gasteiger partial charge is 0.366 e. The van der Waals surface area contributed by atoms with Crippen LogP contribution < -0.4 is 0 Å². The zero-order valence-electron chi connectivity index (χ0n) is 8.23. The second kappa shape index (κ2) is 4.08. The molecule has 1 aromatic rings. The van der Waals surface area contributed by atoms with E-state index >= 15 is 0 Å². The summed E-state index contributed by atoms with van der Waals surface area (Å²) in [5, 5.41) is 1.84. The van der Waals surface area contributed by atoms with E-state index in [4.69, 9.17) is 4.74 Å². The molecule has 0 saturated heterocycles.